The van der Waals surface area contributed by atoms with Gasteiger partial charge in [-0.25, -0.2) is 9.48 Å². The molecule has 7 heteroatoms. The zero-order valence-electron chi connectivity index (χ0n) is 12.9. The van der Waals surface area contributed by atoms with Crippen LogP contribution in [0.3, 0.4) is 0 Å². The van der Waals surface area contributed by atoms with Gasteiger partial charge < -0.3 is 14.7 Å². The lowest BCUT2D eigenvalue weighted by molar-refractivity contribution is 0.0184. The first-order valence-electron chi connectivity index (χ1n) is 7.38. The average molecular weight is 296 g/mol. The SMILES string of the molecule is CC(C)(C)OC(=O)N1CCC(n2cc(CCO)nn2)CC1. The van der Waals surface area contributed by atoms with Crippen molar-refractivity contribution in [3.63, 3.8) is 0 Å². The second-order valence-corrected chi connectivity index (χ2v) is 6.36. The summed E-state index contributed by atoms with van der Waals surface area (Å²) in [6.07, 6.45) is 3.82. The van der Waals surface area contributed by atoms with E-state index in [1.807, 2.05) is 31.6 Å². The summed E-state index contributed by atoms with van der Waals surface area (Å²) in [5.41, 5.74) is 0.339. The molecule has 0 bridgehead atoms. The van der Waals surface area contributed by atoms with Crippen LogP contribution in [0, 0.1) is 0 Å². The van der Waals surface area contributed by atoms with Gasteiger partial charge in [0.05, 0.1) is 11.7 Å². The molecular formula is C14H24N4O3. The fourth-order valence-electron chi connectivity index (χ4n) is 2.36. The van der Waals surface area contributed by atoms with Gasteiger partial charge in [-0.3, -0.25) is 0 Å². The molecule has 21 heavy (non-hydrogen) atoms. The number of aliphatic hydroxyl groups is 1. The van der Waals surface area contributed by atoms with Gasteiger partial charge in [-0.05, 0) is 33.6 Å². The highest BCUT2D eigenvalue weighted by Gasteiger charge is 2.27. The maximum Gasteiger partial charge on any atom is 0.410 e. The normalized spacial score (nSPS) is 17.0. The molecule has 0 unspecified atom stereocenters. The number of aliphatic hydroxyl groups excluding tert-OH is 1. The summed E-state index contributed by atoms with van der Waals surface area (Å²) in [5.74, 6) is 0. The van der Waals surface area contributed by atoms with E-state index in [9.17, 15) is 4.79 Å². The molecule has 1 aromatic rings. The molecule has 7 nitrogen and oxygen atoms in total. The Hall–Kier alpha value is -1.63. The number of hydrogen-bond acceptors (Lipinski definition) is 5. The Morgan fingerprint density at radius 3 is 2.67 bits per heavy atom. The fourth-order valence-corrected chi connectivity index (χ4v) is 2.36. The summed E-state index contributed by atoms with van der Waals surface area (Å²) in [6.45, 7) is 7.01. The second-order valence-electron chi connectivity index (χ2n) is 6.36. The van der Waals surface area contributed by atoms with Gasteiger partial charge in [0.2, 0.25) is 0 Å². The molecular weight excluding hydrogens is 272 g/mol. The maximum absolute atomic E-state index is 12.0. The zero-order chi connectivity index (χ0) is 15.5. The third-order valence-corrected chi connectivity index (χ3v) is 3.42. The number of piperidine rings is 1. The number of rotatable bonds is 3. The van der Waals surface area contributed by atoms with Crippen LogP contribution in [0.1, 0.15) is 45.3 Å². The molecule has 2 heterocycles. The molecule has 0 saturated carbocycles. The highest BCUT2D eigenvalue weighted by atomic mass is 16.6. The lowest BCUT2D eigenvalue weighted by Gasteiger charge is -2.33. The number of hydrogen-bond donors (Lipinski definition) is 1. The lowest BCUT2D eigenvalue weighted by Crippen LogP contribution is -2.42. The molecule has 1 N–H and O–H groups in total. The highest BCUT2D eigenvalue weighted by Crippen LogP contribution is 2.23. The van der Waals surface area contributed by atoms with E-state index in [4.69, 9.17) is 9.84 Å². The minimum absolute atomic E-state index is 0.0791. The quantitative estimate of drug-likeness (QED) is 0.911. The zero-order valence-corrected chi connectivity index (χ0v) is 12.9. The van der Waals surface area contributed by atoms with Crippen molar-refractivity contribution in [3.05, 3.63) is 11.9 Å². The van der Waals surface area contributed by atoms with Gasteiger partial charge in [0.15, 0.2) is 0 Å². The van der Waals surface area contributed by atoms with Crippen molar-refractivity contribution in [2.45, 2.75) is 51.7 Å². The lowest BCUT2D eigenvalue weighted by atomic mass is 10.1. The first kappa shape index (κ1) is 15.8. The Bertz CT molecular complexity index is 473. The van der Waals surface area contributed by atoms with Crippen LogP contribution in [0.5, 0.6) is 0 Å². The van der Waals surface area contributed by atoms with Crippen LogP contribution in [0.15, 0.2) is 6.20 Å². The van der Waals surface area contributed by atoms with E-state index in [-0.39, 0.29) is 18.7 Å². The summed E-state index contributed by atoms with van der Waals surface area (Å²) in [5, 5.41) is 17.0. The van der Waals surface area contributed by atoms with E-state index in [0.29, 0.717) is 19.5 Å². The van der Waals surface area contributed by atoms with Gasteiger partial charge in [-0.15, -0.1) is 5.10 Å². The molecule has 0 aliphatic carbocycles. The van der Waals surface area contributed by atoms with Gasteiger partial charge >= 0.3 is 6.09 Å². The molecule has 1 fully saturated rings. The summed E-state index contributed by atoms with van der Waals surface area (Å²) in [7, 11) is 0. The van der Waals surface area contributed by atoms with E-state index < -0.39 is 5.60 Å². The van der Waals surface area contributed by atoms with Gasteiger partial charge in [0, 0.05) is 32.3 Å². The Balaban J connectivity index is 1.86. The first-order valence-corrected chi connectivity index (χ1v) is 7.38. The smallest absolute Gasteiger partial charge is 0.410 e. The van der Waals surface area contributed by atoms with Crippen molar-refractivity contribution in [1.29, 1.82) is 0 Å². The van der Waals surface area contributed by atoms with Crippen molar-refractivity contribution in [2.24, 2.45) is 0 Å². The summed E-state index contributed by atoms with van der Waals surface area (Å²) in [4.78, 5) is 13.7. The van der Waals surface area contributed by atoms with E-state index in [2.05, 4.69) is 10.3 Å². The topological polar surface area (TPSA) is 80.5 Å². The van der Waals surface area contributed by atoms with Crippen LogP contribution in [0.4, 0.5) is 4.79 Å². The second kappa shape index (κ2) is 6.43. The standard InChI is InChI=1S/C14H24N4O3/c1-14(2,3)21-13(20)17-7-4-12(5-8-17)18-10-11(6-9-19)15-16-18/h10,12,19H,4-9H2,1-3H3. The third-order valence-electron chi connectivity index (χ3n) is 3.42. The highest BCUT2D eigenvalue weighted by molar-refractivity contribution is 5.68. The predicted octanol–water partition coefficient (Wildman–Crippen LogP) is 1.38. The largest absolute Gasteiger partial charge is 0.444 e. The number of nitrogens with zero attached hydrogens (tertiary/aromatic N) is 4. The van der Waals surface area contributed by atoms with E-state index in [1.165, 1.54) is 0 Å². The predicted molar refractivity (Wildman–Crippen MR) is 76.9 cm³/mol. The van der Waals surface area contributed by atoms with Crippen molar-refractivity contribution in [3.8, 4) is 0 Å². The molecule has 2 rings (SSSR count). The van der Waals surface area contributed by atoms with Crippen LogP contribution in [0.25, 0.3) is 0 Å². The Kier molecular flexibility index (Phi) is 4.82. The number of carbonyl (C=O) groups excluding carboxylic acids is 1. The molecule has 0 spiro atoms. The molecule has 1 aliphatic heterocycles. The monoisotopic (exact) mass is 296 g/mol. The van der Waals surface area contributed by atoms with Crippen molar-refractivity contribution < 1.29 is 14.6 Å². The van der Waals surface area contributed by atoms with Crippen LogP contribution in [0.2, 0.25) is 0 Å². The molecule has 0 radical (unpaired) electrons. The molecule has 1 saturated heterocycles. The summed E-state index contributed by atoms with van der Waals surface area (Å²) >= 11 is 0. The van der Waals surface area contributed by atoms with Gasteiger partial charge in [0.25, 0.3) is 0 Å². The van der Waals surface area contributed by atoms with Crippen LogP contribution < -0.4 is 0 Å². The molecule has 0 atom stereocenters. The Labute approximate surface area is 124 Å². The number of likely N-dealkylation sites (tertiary alicyclic amines) is 1. The molecule has 1 aliphatic rings. The average Bonchev–Trinajstić information content (AvgIpc) is 2.86. The number of amides is 1. The fraction of sp³-hybridized carbons (Fsp3) is 0.786. The summed E-state index contributed by atoms with van der Waals surface area (Å²) < 4.78 is 7.22. The van der Waals surface area contributed by atoms with E-state index in [0.717, 1.165) is 18.5 Å². The van der Waals surface area contributed by atoms with Crippen LogP contribution in [-0.2, 0) is 11.2 Å². The molecule has 1 amide bonds. The molecule has 0 aromatic carbocycles. The van der Waals surface area contributed by atoms with Crippen molar-refractivity contribution >= 4 is 6.09 Å². The van der Waals surface area contributed by atoms with Crippen molar-refractivity contribution in [2.75, 3.05) is 19.7 Å². The van der Waals surface area contributed by atoms with Gasteiger partial charge in [0.1, 0.15) is 5.60 Å². The van der Waals surface area contributed by atoms with Crippen LogP contribution in [-0.4, -0.2) is 56.4 Å². The minimum atomic E-state index is -0.459. The Morgan fingerprint density at radius 2 is 2.10 bits per heavy atom. The Morgan fingerprint density at radius 1 is 1.43 bits per heavy atom. The van der Waals surface area contributed by atoms with Gasteiger partial charge in [-0.1, -0.05) is 5.21 Å². The number of aromatic nitrogens is 3. The maximum atomic E-state index is 12.0. The van der Waals surface area contributed by atoms with Crippen LogP contribution >= 0.6 is 0 Å². The van der Waals surface area contributed by atoms with Crippen molar-refractivity contribution in [1.82, 2.24) is 19.9 Å². The first-order chi connectivity index (χ1) is 9.89. The number of ether oxygens (including phenoxy) is 1. The molecule has 118 valence electrons. The van der Waals surface area contributed by atoms with E-state index >= 15 is 0 Å². The minimum Gasteiger partial charge on any atom is -0.444 e. The third kappa shape index (κ3) is 4.42. The van der Waals surface area contributed by atoms with E-state index in [1.54, 1.807) is 4.90 Å². The van der Waals surface area contributed by atoms with Gasteiger partial charge in [-0.2, -0.15) is 0 Å². The summed E-state index contributed by atoms with van der Waals surface area (Å²) in [6, 6.07) is 0.253. The molecule has 1 aromatic heterocycles. The number of carbonyl (C=O) groups is 1.